The van der Waals surface area contributed by atoms with Gasteiger partial charge < -0.3 is 25.5 Å². The number of nitrogens with zero attached hydrogens (tertiary/aromatic N) is 3. The molecule has 0 unspecified atom stereocenters. The van der Waals surface area contributed by atoms with E-state index in [9.17, 15) is 18.9 Å². The highest BCUT2D eigenvalue weighted by atomic mass is 79.9. The molecule has 0 fully saturated rings. The van der Waals surface area contributed by atoms with E-state index in [-0.39, 0.29) is 47.4 Å². The molecule has 0 atom stereocenters. The highest BCUT2D eigenvalue weighted by molar-refractivity contribution is 9.10. The number of allylic oxidation sites excluding steroid dienone is 1. The van der Waals surface area contributed by atoms with Crippen LogP contribution in [0.1, 0.15) is 30.3 Å². The molecule has 35 heavy (non-hydrogen) atoms. The van der Waals surface area contributed by atoms with Crippen molar-refractivity contribution in [3.05, 3.63) is 68.3 Å². The van der Waals surface area contributed by atoms with E-state index < -0.39 is 13.6 Å². The highest BCUT2D eigenvalue weighted by Crippen LogP contribution is 2.36. The predicted molar refractivity (Wildman–Crippen MR) is 138 cm³/mol. The first-order valence-corrected chi connectivity index (χ1v) is 13.2. The second kappa shape index (κ2) is 13.2. The van der Waals surface area contributed by atoms with Gasteiger partial charge >= 0.3 is 7.82 Å². The second-order valence-corrected chi connectivity index (χ2v) is 10.5. The first-order valence-electron chi connectivity index (χ1n) is 10.00. The number of anilines is 1. The Hall–Kier alpha value is -2.25. The Bertz CT molecular complexity index is 1220. The summed E-state index contributed by atoms with van der Waals surface area (Å²) < 4.78 is 30.2. The third-order valence-electron chi connectivity index (χ3n) is 4.55. The molecule has 2 aromatic rings. The molecule has 0 aliphatic rings. The van der Waals surface area contributed by atoms with Crippen molar-refractivity contribution in [3.63, 3.8) is 0 Å². The largest absolute Gasteiger partial charge is 0.469 e. The van der Waals surface area contributed by atoms with E-state index in [4.69, 9.17) is 15.5 Å². The van der Waals surface area contributed by atoms with Crippen LogP contribution < -0.4 is 5.73 Å². The fourth-order valence-electron chi connectivity index (χ4n) is 2.78. The fraction of sp³-hybridized carbons (Fsp3) is 0.238. The van der Waals surface area contributed by atoms with Crippen LogP contribution in [0.15, 0.2) is 45.5 Å². The number of aliphatic hydroxyl groups is 1. The van der Waals surface area contributed by atoms with Gasteiger partial charge in [-0.3, -0.25) is 9.32 Å². The SMILES string of the molecule is C/C(=C(CCOP(=O)(O)O)/[SH]=C(O)\C=C\c1cc(Br)ccc1F)N(C=O)Cc1cnc(C)nc1N. The summed E-state index contributed by atoms with van der Waals surface area (Å²) in [4.78, 5) is 39.7. The molecule has 190 valence electrons. The lowest BCUT2D eigenvalue weighted by Crippen LogP contribution is -2.22. The zero-order chi connectivity index (χ0) is 26.2. The van der Waals surface area contributed by atoms with Crippen molar-refractivity contribution >= 4 is 58.5 Å². The molecular weight excluding hydrogens is 566 g/mol. The summed E-state index contributed by atoms with van der Waals surface area (Å²) in [6, 6.07) is 4.35. The number of amides is 1. The Kier molecular flexibility index (Phi) is 10.9. The molecular formula is C21H25BrFN4O6PS. The molecule has 0 aliphatic heterocycles. The number of phosphoric ester groups is 1. The maximum Gasteiger partial charge on any atom is 0.469 e. The fourth-order valence-corrected chi connectivity index (χ4v) is 4.41. The molecule has 1 aromatic heterocycles. The predicted octanol–water partition coefficient (Wildman–Crippen LogP) is 3.82. The number of hydrogen-bond donors (Lipinski definition) is 5. The molecule has 2 rings (SSSR count). The van der Waals surface area contributed by atoms with Gasteiger partial charge in [0, 0.05) is 38.8 Å². The first kappa shape index (κ1) is 29.0. The molecule has 0 saturated heterocycles. The van der Waals surface area contributed by atoms with Crippen LogP contribution in [0.2, 0.25) is 0 Å². The van der Waals surface area contributed by atoms with Crippen LogP contribution in [-0.2, 0) is 20.4 Å². The molecule has 1 heterocycles. The number of carbonyl (C=O) groups excluding carboxylic acids is 1. The standard InChI is InChI=1S/C21H25BrFN4O6PS/c1-13(27(12-28)11-16-10-25-14(2)26-21(16)24)19(7-8-33-34(30,31)32)35-20(29)6-3-15-9-17(22)4-5-18(15)23/h3-6,9-10,12,29,35H,7-8,11H2,1-2H3,(H2,24,25,26)(H2,30,31,32)/b6-3+,19-13-. The van der Waals surface area contributed by atoms with Gasteiger partial charge in [-0.05, 0) is 44.2 Å². The van der Waals surface area contributed by atoms with Crippen LogP contribution in [0.5, 0.6) is 0 Å². The number of aliphatic hydroxyl groups excluding tert-OH is 1. The molecule has 0 radical (unpaired) electrons. The number of phosphoric acid groups is 1. The Morgan fingerprint density at radius 2 is 2.11 bits per heavy atom. The van der Waals surface area contributed by atoms with Gasteiger partial charge in [0.1, 0.15) is 17.5 Å². The molecule has 0 saturated carbocycles. The molecule has 1 aromatic carbocycles. The number of thiol groups is 1. The lowest BCUT2D eigenvalue weighted by atomic mass is 10.2. The second-order valence-electron chi connectivity index (χ2n) is 7.14. The molecule has 1 amide bonds. The summed E-state index contributed by atoms with van der Waals surface area (Å²) in [6.45, 7) is 2.93. The maximum absolute atomic E-state index is 14.0. The minimum absolute atomic E-state index is 0.0220. The van der Waals surface area contributed by atoms with Crippen LogP contribution in [0.4, 0.5) is 10.2 Å². The van der Waals surface area contributed by atoms with Gasteiger partial charge in [-0.2, -0.15) is 0 Å². The van der Waals surface area contributed by atoms with E-state index in [1.54, 1.807) is 19.9 Å². The van der Waals surface area contributed by atoms with Crippen molar-refractivity contribution in [2.24, 2.45) is 0 Å². The quantitative estimate of drug-likeness (QED) is 0.0861. The molecule has 0 aliphatic carbocycles. The van der Waals surface area contributed by atoms with E-state index in [0.29, 0.717) is 32.9 Å². The molecule has 0 bridgehead atoms. The number of halogens is 2. The number of benzene rings is 1. The monoisotopic (exact) mass is 590 g/mol. The third kappa shape index (κ3) is 9.73. The highest BCUT2D eigenvalue weighted by Gasteiger charge is 2.16. The van der Waals surface area contributed by atoms with Crippen molar-refractivity contribution in [1.82, 2.24) is 14.9 Å². The van der Waals surface area contributed by atoms with Gasteiger partial charge in [0.25, 0.3) is 0 Å². The van der Waals surface area contributed by atoms with Gasteiger partial charge in [0.15, 0.2) is 0 Å². The average molecular weight is 591 g/mol. The van der Waals surface area contributed by atoms with Gasteiger partial charge in [-0.25, -0.2) is 18.9 Å². The van der Waals surface area contributed by atoms with Gasteiger partial charge in [-0.1, -0.05) is 15.9 Å². The maximum atomic E-state index is 14.0. The number of aromatic nitrogens is 2. The first-order chi connectivity index (χ1) is 16.4. The number of hydrogen-bond acceptors (Lipinski definition) is 6. The smallest absolute Gasteiger partial charge is 0.383 e. The summed E-state index contributed by atoms with van der Waals surface area (Å²) in [6.07, 6.45) is 4.70. The Balaban J connectivity index is 2.38. The summed E-state index contributed by atoms with van der Waals surface area (Å²) in [7, 11) is -4.72. The van der Waals surface area contributed by atoms with Crippen LogP contribution in [0.25, 0.3) is 6.08 Å². The van der Waals surface area contributed by atoms with E-state index in [2.05, 4.69) is 30.4 Å². The van der Waals surface area contributed by atoms with Crippen molar-refractivity contribution in [2.75, 3.05) is 12.3 Å². The van der Waals surface area contributed by atoms with Crippen molar-refractivity contribution in [2.45, 2.75) is 26.8 Å². The van der Waals surface area contributed by atoms with Crippen molar-refractivity contribution in [1.29, 1.82) is 0 Å². The third-order valence-corrected chi connectivity index (χ3v) is 6.76. The van der Waals surface area contributed by atoms with Gasteiger partial charge in [0.05, 0.1) is 18.2 Å². The lowest BCUT2D eigenvalue weighted by Gasteiger charge is -2.21. The molecule has 14 heteroatoms. The summed E-state index contributed by atoms with van der Waals surface area (Å²) >= 11 is 3.47. The van der Waals surface area contributed by atoms with Crippen LogP contribution >= 0.6 is 35.1 Å². The number of nitrogen functional groups attached to an aromatic ring is 1. The van der Waals surface area contributed by atoms with Crippen molar-refractivity contribution in [3.8, 4) is 0 Å². The average Bonchev–Trinajstić information content (AvgIpc) is 2.77. The van der Waals surface area contributed by atoms with Crippen molar-refractivity contribution < 1.29 is 33.2 Å². The minimum Gasteiger partial charge on any atom is -0.383 e. The van der Waals surface area contributed by atoms with Gasteiger partial charge in [-0.15, -0.1) is 11.4 Å². The lowest BCUT2D eigenvalue weighted by molar-refractivity contribution is -0.116. The topological polar surface area (TPSA) is 159 Å². The van der Waals surface area contributed by atoms with Crippen LogP contribution in [0.3, 0.4) is 0 Å². The molecule has 0 spiro atoms. The van der Waals surface area contributed by atoms with E-state index in [1.165, 1.54) is 35.4 Å². The van der Waals surface area contributed by atoms with E-state index in [1.807, 2.05) is 0 Å². The number of nitrogens with two attached hydrogens (primary N) is 1. The summed E-state index contributed by atoms with van der Waals surface area (Å²) in [5.41, 5.74) is 7.04. The summed E-state index contributed by atoms with van der Waals surface area (Å²) in [5.74, 6) is 0.188. The van der Waals surface area contributed by atoms with Crippen LogP contribution in [-0.4, -0.2) is 47.8 Å². The summed E-state index contributed by atoms with van der Waals surface area (Å²) in [5, 5.41) is 10.3. The minimum atomic E-state index is -4.72. The Morgan fingerprint density at radius 3 is 2.74 bits per heavy atom. The number of aryl methyl sites for hydroxylation is 1. The van der Waals surface area contributed by atoms with E-state index in [0.717, 1.165) is 0 Å². The van der Waals surface area contributed by atoms with E-state index >= 15 is 0 Å². The Labute approximate surface area is 213 Å². The van der Waals surface area contributed by atoms with Crippen LogP contribution in [0, 0.1) is 12.7 Å². The zero-order valence-corrected chi connectivity index (χ0v) is 22.2. The Morgan fingerprint density at radius 1 is 1.40 bits per heavy atom. The normalized spacial score (nSPS) is 13.4. The van der Waals surface area contributed by atoms with Gasteiger partial charge in [0.2, 0.25) is 6.41 Å². The number of rotatable bonds is 11. The zero-order valence-electron chi connectivity index (χ0n) is 18.8. The number of carbonyl (C=O) groups is 1. The molecule has 5 N–H and O–H groups in total. The molecule has 10 nitrogen and oxygen atoms in total.